The molecule has 2 aromatic carbocycles. The summed E-state index contributed by atoms with van der Waals surface area (Å²) < 4.78 is 29.4. The van der Waals surface area contributed by atoms with Crippen LogP contribution in [0.15, 0.2) is 36.4 Å². The molecule has 0 aromatic heterocycles. The highest BCUT2D eigenvalue weighted by Gasteiger charge is 2.34. The van der Waals surface area contributed by atoms with Crippen molar-refractivity contribution in [2.45, 2.75) is 37.5 Å². The van der Waals surface area contributed by atoms with Gasteiger partial charge in [0.2, 0.25) is 5.75 Å². The molecule has 0 aliphatic heterocycles. The third kappa shape index (κ3) is 4.47. The Morgan fingerprint density at radius 3 is 2.07 bits per heavy atom. The van der Waals surface area contributed by atoms with E-state index in [4.69, 9.17) is 14.2 Å². The van der Waals surface area contributed by atoms with Gasteiger partial charge in [-0.05, 0) is 42.7 Å². The Kier molecular flexibility index (Phi) is 6.62. The van der Waals surface area contributed by atoms with E-state index in [0.29, 0.717) is 29.4 Å². The predicted molar refractivity (Wildman–Crippen MR) is 110 cm³/mol. The molecule has 0 unspecified atom stereocenters. The number of carbonyl (C=O) groups is 1. The van der Waals surface area contributed by atoms with E-state index in [1.54, 1.807) is 12.1 Å². The second-order valence-electron chi connectivity index (χ2n) is 7.44. The molecule has 5 nitrogen and oxygen atoms in total. The fourth-order valence-electron chi connectivity index (χ4n) is 4.16. The van der Waals surface area contributed by atoms with Crippen LogP contribution in [0.2, 0.25) is 0 Å². The maximum absolute atomic E-state index is 13.4. The molecule has 0 atom stereocenters. The number of carbonyl (C=O) groups excluding carboxylic acids is 1. The Morgan fingerprint density at radius 1 is 0.966 bits per heavy atom. The maximum atomic E-state index is 13.4. The summed E-state index contributed by atoms with van der Waals surface area (Å²) in [4.78, 5) is 12.9. The van der Waals surface area contributed by atoms with Gasteiger partial charge in [-0.2, -0.15) is 0 Å². The molecule has 0 radical (unpaired) electrons. The number of rotatable bonds is 7. The topological polar surface area (TPSA) is 56.8 Å². The third-order valence-corrected chi connectivity index (χ3v) is 5.78. The zero-order valence-electron chi connectivity index (χ0n) is 17.2. The van der Waals surface area contributed by atoms with E-state index >= 15 is 0 Å². The Balaban J connectivity index is 1.83. The first-order chi connectivity index (χ1) is 14.0. The van der Waals surface area contributed by atoms with Crippen molar-refractivity contribution in [1.29, 1.82) is 0 Å². The summed E-state index contributed by atoms with van der Waals surface area (Å²) in [5.41, 5.74) is 1.33. The zero-order valence-corrected chi connectivity index (χ0v) is 17.2. The van der Waals surface area contributed by atoms with Crippen molar-refractivity contribution in [2.24, 2.45) is 0 Å². The summed E-state index contributed by atoms with van der Waals surface area (Å²) in [5.74, 6) is 0.852. The normalized spacial score (nSPS) is 15.4. The molecule has 1 fully saturated rings. The highest BCUT2D eigenvalue weighted by molar-refractivity contribution is 5.95. The Morgan fingerprint density at radius 2 is 1.55 bits per heavy atom. The minimum atomic E-state index is -0.249. The van der Waals surface area contributed by atoms with Crippen LogP contribution < -0.4 is 19.5 Å². The summed E-state index contributed by atoms with van der Waals surface area (Å²) in [6.45, 7) is 0.494. The molecule has 6 heteroatoms. The van der Waals surface area contributed by atoms with Crippen LogP contribution in [0.25, 0.3) is 0 Å². The molecule has 1 aliphatic carbocycles. The lowest BCUT2D eigenvalue weighted by Gasteiger charge is -2.38. The molecule has 3 rings (SSSR count). The lowest BCUT2D eigenvalue weighted by Crippen LogP contribution is -2.42. The van der Waals surface area contributed by atoms with E-state index in [1.165, 1.54) is 39.9 Å². The van der Waals surface area contributed by atoms with Gasteiger partial charge in [0.1, 0.15) is 5.82 Å². The molecule has 156 valence electrons. The largest absolute Gasteiger partial charge is 0.493 e. The van der Waals surface area contributed by atoms with Gasteiger partial charge in [0.15, 0.2) is 11.5 Å². The standard InChI is InChI=1S/C23H28FNO4/c1-27-19-13-16(14-20(28-2)21(19)29-3)22(26)25-15-23(11-5-4-6-12-23)17-7-9-18(24)10-8-17/h7-10,13-14H,4-6,11-12,15H2,1-3H3,(H,25,26). The lowest BCUT2D eigenvalue weighted by molar-refractivity contribution is 0.0935. The summed E-state index contributed by atoms with van der Waals surface area (Å²) in [7, 11) is 4.56. The van der Waals surface area contributed by atoms with Gasteiger partial charge in [0.25, 0.3) is 5.91 Å². The Hall–Kier alpha value is -2.76. The van der Waals surface area contributed by atoms with Crippen LogP contribution in [0, 0.1) is 5.82 Å². The summed E-state index contributed by atoms with van der Waals surface area (Å²) >= 11 is 0. The molecule has 1 N–H and O–H groups in total. The van der Waals surface area contributed by atoms with Gasteiger partial charge in [0.05, 0.1) is 21.3 Å². The van der Waals surface area contributed by atoms with Crippen LogP contribution in [-0.2, 0) is 5.41 Å². The molecule has 1 aliphatic rings. The van der Waals surface area contributed by atoms with Crippen molar-refractivity contribution in [3.05, 3.63) is 53.3 Å². The van der Waals surface area contributed by atoms with Crippen molar-refractivity contribution < 1.29 is 23.4 Å². The number of hydrogen-bond acceptors (Lipinski definition) is 4. The summed E-state index contributed by atoms with van der Waals surface area (Å²) in [5, 5.41) is 3.08. The summed E-state index contributed by atoms with van der Waals surface area (Å²) in [6.07, 6.45) is 5.31. The van der Waals surface area contributed by atoms with Crippen LogP contribution in [0.1, 0.15) is 48.0 Å². The number of halogens is 1. The molecule has 1 saturated carbocycles. The smallest absolute Gasteiger partial charge is 0.251 e. The van der Waals surface area contributed by atoms with E-state index < -0.39 is 0 Å². The maximum Gasteiger partial charge on any atom is 0.251 e. The molecule has 0 spiro atoms. The van der Waals surface area contributed by atoms with Gasteiger partial charge < -0.3 is 19.5 Å². The van der Waals surface area contributed by atoms with Gasteiger partial charge in [0, 0.05) is 17.5 Å². The first-order valence-corrected chi connectivity index (χ1v) is 9.87. The van der Waals surface area contributed by atoms with E-state index in [9.17, 15) is 9.18 Å². The van der Waals surface area contributed by atoms with Crippen molar-refractivity contribution >= 4 is 5.91 Å². The molecular formula is C23H28FNO4. The minimum Gasteiger partial charge on any atom is -0.493 e. The van der Waals surface area contributed by atoms with Gasteiger partial charge in [-0.15, -0.1) is 0 Å². The van der Waals surface area contributed by atoms with Crippen LogP contribution >= 0.6 is 0 Å². The molecule has 0 bridgehead atoms. The Labute approximate surface area is 171 Å². The number of methoxy groups -OCH3 is 3. The minimum absolute atomic E-state index is 0.178. The van der Waals surface area contributed by atoms with Gasteiger partial charge in [-0.3, -0.25) is 4.79 Å². The number of benzene rings is 2. The fraction of sp³-hybridized carbons (Fsp3) is 0.435. The first-order valence-electron chi connectivity index (χ1n) is 9.87. The molecule has 29 heavy (non-hydrogen) atoms. The predicted octanol–water partition coefficient (Wildman–Crippen LogP) is 4.48. The SMILES string of the molecule is COc1cc(C(=O)NCC2(c3ccc(F)cc3)CCCCC2)cc(OC)c1OC. The molecule has 1 amide bonds. The number of hydrogen-bond donors (Lipinski definition) is 1. The zero-order chi connectivity index (χ0) is 20.9. The monoisotopic (exact) mass is 401 g/mol. The lowest BCUT2D eigenvalue weighted by atomic mass is 9.69. The highest BCUT2D eigenvalue weighted by Crippen LogP contribution is 2.40. The van der Waals surface area contributed by atoms with Crippen molar-refractivity contribution in [1.82, 2.24) is 5.32 Å². The van der Waals surface area contributed by atoms with Crippen LogP contribution in [0.5, 0.6) is 17.2 Å². The Bertz CT molecular complexity index is 819. The van der Waals surface area contributed by atoms with E-state index in [2.05, 4.69) is 5.32 Å². The van der Waals surface area contributed by atoms with E-state index in [-0.39, 0.29) is 17.1 Å². The average molecular weight is 401 g/mol. The van der Waals surface area contributed by atoms with Crippen LogP contribution in [-0.4, -0.2) is 33.8 Å². The molecular weight excluding hydrogens is 373 g/mol. The number of nitrogens with one attached hydrogen (secondary N) is 1. The first kappa shape index (κ1) is 21.0. The van der Waals surface area contributed by atoms with Crippen molar-refractivity contribution in [2.75, 3.05) is 27.9 Å². The van der Waals surface area contributed by atoms with Crippen LogP contribution in [0.3, 0.4) is 0 Å². The van der Waals surface area contributed by atoms with E-state index in [0.717, 1.165) is 31.2 Å². The molecule has 2 aromatic rings. The number of amides is 1. The second-order valence-corrected chi connectivity index (χ2v) is 7.44. The number of ether oxygens (including phenoxy) is 3. The summed E-state index contributed by atoms with van der Waals surface area (Å²) in [6, 6.07) is 9.95. The average Bonchev–Trinajstić information content (AvgIpc) is 2.77. The molecule has 0 saturated heterocycles. The quantitative estimate of drug-likeness (QED) is 0.743. The van der Waals surface area contributed by atoms with Gasteiger partial charge in [-0.25, -0.2) is 4.39 Å². The second kappa shape index (κ2) is 9.16. The van der Waals surface area contributed by atoms with Gasteiger partial charge >= 0.3 is 0 Å². The van der Waals surface area contributed by atoms with Crippen LogP contribution in [0.4, 0.5) is 4.39 Å². The van der Waals surface area contributed by atoms with Crippen molar-refractivity contribution in [3.8, 4) is 17.2 Å². The van der Waals surface area contributed by atoms with Crippen molar-refractivity contribution in [3.63, 3.8) is 0 Å². The highest BCUT2D eigenvalue weighted by atomic mass is 19.1. The van der Waals surface area contributed by atoms with E-state index in [1.807, 2.05) is 12.1 Å². The van der Waals surface area contributed by atoms with Gasteiger partial charge in [-0.1, -0.05) is 31.4 Å². The third-order valence-electron chi connectivity index (χ3n) is 5.78. The molecule has 0 heterocycles. The fourth-order valence-corrected chi connectivity index (χ4v) is 4.16.